The van der Waals surface area contributed by atoms with Crippen LogP contribution in [0.25, 0.3) is 0 Å². The van der Waals surface area contributed by atoms with E-state index >= 15 is 0 Å². The van der Waals surface area contributed by atoms with Gasteiger partial charge in [-0.1, -0.05) is 19.3 Å². The highest BCUT2D eigenvalue weighted by Crippen LogP contribution is 2.30. The summed E-state index contributed by atoms with van der Waals surface area (Å²) in [6.45, 7) is -0.0751. The smallest absolute Gasteiger partial charge is 0.306 e. The largest absolute Gasteiger partial charge is 0.455 e. The molecule has 1 rings (SSSR count). The average Bonchev–Trinajstić information content (AvgIpc) is 2.86. The molecule has 0 aromatic carbocycles. The number of carbonyl (C=O) groups excluding carboxylic acids is 3. The first-order valence-corrected chi connectivity index (χ1v) is 12.7. The highest BCUT2D eigenvalue weighted by atomic mass is 16.6. The highest BCUT2D eigenvalue weighted by molar-refractivity contribution is 5.71. The van der Waals surface area contributed by atoms with E-state index in [2.05, 4.69) is 0 Å². The normalized spacial score (nSPS) is 25.8. The third-order valence-corrected chi connectivity index (χ3v) is 5.94. The van der Waals surface area contributed by atoms with Crippen LogP contribution in [-0.4, -0.2) is 105 Å². The van der Waals surface area contributed by atoms with E-state index in [4.69, 9.17) is 29.5 Å². The Morgan fingerprint density at radius 1 is 0.444 bits per heavy atom. The minimum absolute atomic E-state index is 0.0240. The van der Waals surface area contributed by atoms with E-state index in [1.807, 2.05) is 0 Å². The predicted octanol–water partition coefficient (Wildman–Crippen LogP) is -0.524. The van der Waals surface area contributed by atoms with E-state index in [1.165, 1.54) is 0 Å². The molecule has 12 heteroatoms. The highest BCUT2D eigenvalue weighted by Gasteiger charge is 2.55. The Morgan fingerprint density at radius 2 is 0.750 bits per heavy atom. The van der Waals surface area contributed by atoms with Crippen molar-refractivity contribution in [1.29, 1.82) is 0 Å². The van der Waals surface area contributed by atoms with Crippen LogP contribution in [0.5, 0.6) is 0 Å². The third-order valence-electron chi connectivity index (χ3n) is 5.94. The zero-order chi connectivity index (χ0) is 26.9. The summed E-state index contributed by atoms with van der Waals surface area (Å²) >= 11 is 0. The molecule has 0 aliphatic heterocycles. The Hall–Kier alpha value is -1.83. The monoisotopic (exact) mass is 522 g/mol. The maximum atomic E-state index is 12.5. The number of esters is 3. The first-order valence-electron chi connectivity index (χ1n) is 12.7. The minimum atomic E-state index is -1.84. The lowest BCUT2D eigenvalue weighted by Gasteiger charge is -2.44. The Labute approximate surface area is 211 Å². The molecule has 0 aromatic rings. The molecule has 2 unspecified atom stereocenters. The molecule has 6 atom stereocenters. The average molecular weight is 523 g/mol. The van der Waals surface area contributed by atoms with Crippen LogP contribution in [0.4, 0.5) is 0 Å². The van der Waals surface area contributed by atoms with Gasteiger partial charge < -0.3 is 44.8 Å². The topological polar surface area (TPSA) is 200 Å². The predicted molar refractivity (Wildman–Crippen MR) is 124 cm³/mol. The fourth-order valence-electron chi connectivity index (χ4n) is 3.88. The fraction of sp³-hybridized carbons (Fsp3) is 0.875. The molecule has 36 heavy (non-hydrogen) atoms. The van der Waals surface area contributed by atoms with E-state index in [1.54, 1.807) is 0 Å². The molecule has 1 aliphatic carbocycles. The molecule has 1 fully saturated rings. The summed E-state index contributed by atoms with van der Waals surface area (Å²) in [5.74, 6) is -2.25. The van der Waals surface area contributed by atoms with E-state index in [-0.39, 0.29) is 39.1 Å². The minimum Gasteiger partial charge on any atom is -0.455 e. The van der Waals surface area contributed by atoms with Crippen molar-refractivity contribution in [2.24, 2.45) is 0 Å². The molecule has 0 radical (unpaired) electrons. The zero-order valence-corrected chi connectivity index (χ0v) is 20.7. The summed E-state index contributed by atoms with van der Waals surface area (Å²) in [6.07, 6.45) is -6.05. The molecular formula is C24H42O12. The molecule has 0 amide bonds. The summed E-state index contributed by atoms with van der Waals surface area (Å²) in [7, 11) is 0. The van der Waals surface area contributed by atoms with Gasteiger partial charge >= 0.3 is 17.9 Å². The maximum Gasteiger partial charge on any atom is 0.306 e. The van der Waals surface area contributed by atoms with Crippen molar-refractivity contribution < 1.29 is 59.2 Å². The van der Waals surface area contributed by atoms with Gasteiger partial charge in [-0.25, -0.2) is 0 Å². The fourth-order valence-corrected chi connectivity index (χ4v) is 3.88. The van der Waals surface area contributed by atoms with E-state index in [9.17, 15) is 29.7 Å². The molecule has 0 aromatic heterocycles. The zero-order valence-electron chi connectivity index (χ0n) is 20.7. The van der Waals surface area contributed by atoms with E-state index in [0.717, 1.165) is 0 Å². The van der Waals surface area contributed by atoms with Crippen LogP contribution >= 0.6 is 0 Å². The molecule has 210 valence electrons. The Morgan fingerprint density at radius 3 is 1.06 bits per heavy atom. The first-order chi connectivity index (χ1) is 17.3. The summed E-state index contributed by atoms with van der Waals surface area (Å²) < 4.78 is 16.1. The van der Waals surface area contributed by atoms with Crippen molar-refractivity contribution >= 4 is 17.9 Å². The van der Waals surface area contributed by atoms with Crippen LogP contribution in [0, 0.1) is 0 Å². The first kappa shape index (κ1) is 32.2. The van der Waals surface area contributed by atoms with E-state index < -0.39 is 54.5 Å². The number of carbonyl (C=O) groups is 3. The molecule has 12 nitrogen and oxygen atoms in total. The van der Waals surface area contributed by atoms with Gasteiger partial charge in [-0.15, -0.1) is 0 Å². The molecule has 1 saturated carbocycles. The summed E-state index contributed by atoms with van der Waals surface area (Å²) in [5.41, 5.74) is 0. The van der Waals surface area contributed by atoms with Crippen LogP contribution < -0.4 is 0 Å². The standard InChI is InChI=1S/C24H42O12/c25-13-7-1-4-10-16(28)34-22-20(32)19(31)21(33)23(35-17(29)11-5-2-8-14-26)24(22)36-18(30)12-6-3-9-15-27/h19-27,31-33H,1-15H2/t19?,20-,21-,22-,23+,24?/m1/s1. The lowest BCUT2D eigenvalue weighted by molar-refractivity contribution is -0.248. The van der Waals surface area contributed by atoms with Crippen LogP contribution in [0.15, 0.2) is 0 Å². The van der Waals surface area contributed by atoms with Crippen molar-refractivity contribution in [2.75, 3.05) is 19.8 Å². The van der Waals surface area contributed by atoms with Crippen molar-refractivity contribution in [3.8, 4) is 0 Å². The molecular weight excluding hydrogens is 480 g/mol. The number of ether oxygens (including phenoxy) is 3. The Bertz CT molecular complexity index is 603. The molecule has 0 bridgehead atoms. The number of aliphatic hydroxyl groups is 6. The van der Waals surface area contributed by atoms with E-state index in [0.29, 0.717) is 57.8 Å². The van der Waals surface area contributed by atoms with Gasteiger partial charge in [0.25, 0.3) is 0 Å². The summed E-state index contributed by atoms with van der Waals surface area (Å²) in [5, 5.41) is 58.0. The Kier molecular flexibility index (Phi) is 16.5. The van der Waals surface area contributed by atoms with Gasteiger partial charge in [0.05, 0.1) is 0 Å². The second-order valence-corrected chi connectivity index (χ2v) is 8.94. The summed E-state index contributed by atoms with van der Waals surface area (Å²) in [4.78, 5) is 37.2. The second-order valence-electron chi connectivity index (χ2n) is 8.94. The van der Waals surface area contributed by atoms with Gasteiger partial charge in [0.1, 0.15) is 18.3 Å². The van der Waals surface area contributed by atoms with Gasteiger partial charge in [0.15, 0.2) is 18.3 Å². The van der Waals surface area contributed by atoms with Crippen molar-refractivity contribution in [1.82, 2.24) is 0 Å². The quantitative estimate of drug-likeness (QED) is 0.0765. The van der Waals surface area contributed by atoms with Crippen LogP contribution in [-0.2, 0) is 28.6 Å². The number of rotatable bonds is 18. The Balaban J connectivity index is 2.99. The molecule has 1 aliphatic rings. The van der Waals surface area contributed by atoms with Crippen molar-refractivity contribution in [3.05, 3.63) is 0 Å². The number of unbranched alkanes of at least 4 members (excludes halogenated alkanes) is 6. The van der Waals surface area contributed by atoms with Crippen molar-refractivity contribution in [3.63, 3.8) is 0 Å². The maximum absolute atomic E-state index is 12.5. The lowest BCUT2D eigenvalue weighted by atomic mass is 9.84. The van der Waals surface area contributed by atoms with Gasteiger partial charge in [-0.05, 0) is 38.5 Å². The van der Waals surface area contributed by atoms with Crippen LogP contribution in [0.2, 0.25) is 0 Å². The third kappa shape index (κ3) is 11.5. The number of hydrogen-bond donors (Lipinski definition) is 6. The number of hydrogen-bond acceptors (Lipinski definition) is 12. The van der Waals surface area contributed by atoms with Gasteiger partial charge in [0.2, 0.25) is 0 Å². The van der Waals surface area contributed by atoms with Gasteiger partial charge in [-0.3, -0.25) is 14.4 Å². The van der Waals surface area contributed by atoms with Gasteiger partial charge in [0, 0.05) is 39.1 Å². The second kappa shape index (κ2) is 18.4. The van der Waals surface area contributed by atoms with Crippen LogP contribution in [0.1, 0.15) is 77.0 Å². The number of aliphatic hydroxyl groups excluding tert-OH is 6. The van der Waals surface area contributed by atoms with Gasteiger partial charge in [-0.2, -0.15) is 0 Å². The molecule has 0 heterocycles. The molecule has 0 saturated heterocycles. The molecule has 0 spiro atoms. The van der Waals surface area contributed by atoms with Crippen LogP contribution in [0.3, 0.4) is 0 Å². The van der Waals surface area contributed by atoms with Crippen molar-refractivity contribution in [2.45, 2.75) is 114 Å². The molecule has 6 N–H and O–H groups in total. The lowest BCUT2D eigenvalue weighted by Crippen LogP contribution is -2.66. The summed E-state index contributed by atoms with van der Waals surface area (Å²) in [6, 6.07) is 0. The SMILES string of the molecule is O=C(CCCCCO)OC1[C@@H](OC(=O)CCCCCO)[C@H](O)C(O)[C@@H](O)[C@H]1OC(=O)CCCCCO.